The molecule has 0 aliphatic heterocycles. The number of hydrogen-bond acceptors (Lipinski definition) is 1. The number of rotatable bonds is 16. The topological polar surface area (TPSA) is 43.1 Å². The number of nitrogens with two attached hydrogens (primary N) is 1. The Morgan fingerprint density at radius 2 is 0.905 bits per heavy atom. The second-order valence-electron chi connectivity index (χ2n) is 6.17. The van der Waals surface area contributed by atoms with E-state index in [1.807, 2.05) is 0 Å². The predicted octanol–water partition coefficient (Wildman–Crippen LogP) is 4.82. The zero-order valence-electron chi connectivity index (χ0n) is 13.8. The molecule has 0 aliphatic rings. The number of hydrogen-bond donors (Lipinski definition) is 1. The average Bonchev–Trinajstić information content (AvgIpc) is 2.43. The average molecular weight is 326 g/mol. The van der Waals surface area contributed by atoms with Crippen molar-refractivity contribution in [1.29, 1.82) is 0 Å². The van der Waals surface area contributed by atoms with Gasteiger partial charge in [-0.15, -0.1) is 0 Å². The first-order valence-electron chi connectivity index (χ1n) is 9.05. The van der Waals surface area contributed by atoms with E-state index in [4.69, 9.17) is 5.73 Å². The van der Waals surface area contributed by atoms with Gasteiger partial charge in [0.05, 0.1) is 0 Å². The van der Waals surface area contributed by atoms with E-state index in [1.165, 1.54) is 89.9 Å². The van der Waals surface area contributed by atoms with Gasteiger partial charge in [-0.25, -0.2) is 0 Å². The maximum atomic E-state index is 10.6. The Kier molecular flexibility index (Phi) is 23.7. The van der Waals surface area contributed by atoms with Crippen LogP contribution < -0.4 is 5.73 Å². The summed E-state index contributed by atoms with van der Waals surface area (Å²) in [5.41, 5.74) is 5.11. The van der Waals surface area contributed by atoms with Crippen molar-refractivity contribution in [2.24, 2.45) is 5.73 Å². The number of carbonyl (C=O) groups excluding carboxylic acids is 1. The van der Waals surface area contributed by atoms with Crippen LogP contribution in [0.2, 0.25) is 0 Å². The van der Waals surface area contributed by atoms with Crippen molar-refractivity contribution in [3.8, 4) is 0 Å². The normalized spacial score (nSPS) is 10.3. The molecule has 0 fully saturated rings. The summed E-state index contributed by atoms with van der Waals surface area (Å²) in [7, 11) is 0. The van der Waals surface area contributed by atoms with Crippen LogP contribution in [0, 0.1) is 0 Å². The molecule has 0 spiro atoms. The molecular weight excluding hydrogens is 286 g/mol. The van der Waals surface area contributed by atoms with Gasteiger partial charge in [-0.05, 0) is 6.42 Å². The number of carbonyl (C=O) groups is 1. The predicted molar refractivity (Wildman–Crippen MR) is 97.3 cm³/mol. The van der Waals surface area contributed by atoms with Crippen LogP contribution in [0.25, 0.3) is 0 Å². The Labute approximate surface area is 163 Å². The Morgan fingerprint density at radius 3 is 1.19 bits per heavy atom. The summed E-state index contributed by atoms with van der Waals surface area (Å²) in [4.78, 5) is 10.6. The third-order valence-electron chi connectivity index (χ3n) is 4.03. The van der Waals surface area contributed by atoms with Crippen LogP contribution in [-0.2, 0) is 4.79 Å². The van der Waals surface area contributed by atoms with Crippen molar-refractivity contribution in [3.63, 3.8) is 0 Å². The molecule has 124 valence electrons. The molecule has 0 rings (SSSR count). The van der Waals surface area contributed by atoms with E-state index in [2.05, 4.69) is 6.92 Å². The summed E-state index contributed by atoms with van der Waals surface area (Å²) in [6.45, 7) is 2.28. The van der Waals surface area contributed by atoms with Gasteiger partial charge < -0.3 is 5.73 Å². The van der Waals surface area contributed by atoms with Crippen LogP contribution in [0.3, 0.4) is 0 Å². The van der Waals surface area contributed by atoms with Crippen LogP contribution in [0.1, 0.15) is 110 Å². The van der Waals surface area contributed by atoms with Crippen molar-refractivity contribution in [3.05, 3.63) is 0 Å². The van der Waals surface area contributed by atoms with E-state index < -0.39 is 0 Å². The molecule has 0 atom stereocenters. The van der Waals surface area contributed by atoms with E-state index in [0.29, 0.717) is 6.42 Å². The molecule has 0 saturated heterocycles. The van der Waals surface area contributed by atoms with Gasteiger partial charge >= 0.3 is 37.7 Å². The molecule has 0 aromatic rings. The fourth-order valence-corrected chi connectivity index (χ4v) is 2.67. The number of primary amides is 1. The summed E-state index contributed by atoms with van der Waals surface area (Å²) >= 11 is 0. The van der Waals surface area contributed by atoms with Crippen LogP contribution in [0.5, 0.6) is 0 Å². The summed E-state index contributed by atoms with van der Waals surface area (Å²) in [6.07, 6.45) is 20.9. The van der Waals surface area contributed by atoms with E-state index in [1.54, 1.807) is 0 Å². The number of amides is 1. The van der Waals surface area contributed by atoms with Crippen molar-refractivity contribution in [1.82, 2.24) is 0 Å². The Balaban J connectivity index is 0. The van der Waals surface area contributed by atoms with E-state index in [9.17, 15) is 4.79 Å². The van der Waals surface area contributed by atoms with Crippen molar-refractivity contribution >= 4 is 43.6 Å². The molecule has 0 aromatic heterocycles. The van der Waals surface area contributed by atoms with Crippen molar-refractivity contribution in [2.45, 2.75) is 110 Å². The molecule has 0 heterocycles. The zero-order chi connectivity index (χ0) is 14.9. The molecule has 0 saturated carbocycles. The Hall–Kier alpha value is 0.730. The van der Waals surface area contributed by atoms with Gasteiger partial charge in [-0.1, -0.05) is 96.8 Å². The third-order valence-corrected chi connectivity index (χ3v) is 4.03. The molecule has 1 amide bonds. The van der Waals surface area contributed by atoms with E-state index >= 15 is 0 Å². The van der Waals surface area contributed by atoms with Gasteiger partial charge in [0.1, 0.15) is 0 Å². The fourth-order valence-electron chi connectivity index (χ4n) is 2.67. The fraction of sp³-hybridized carbons (Fsp3) is 0.944. The first kappa shape index (κ1) is 24.0. The summed E-state index contributed by atoms with van der Waals surface area (Å²) in [6, 6.07) is 0. The Bertz CT molecular complexity index is 209. The van der Waals surface area contributed by atoms with Crippen LogP contribution in [-0.4, -0.2) is 43.6 Å². The summed E-state index contributed by atoms with van der Waals surface area (Å²) < 4.78 is 0. The van der Waals surface area contributed by atoms with Gasteiger partial charge in [-0.2, -0.15) is 0 Å². The molecule has 0 radical (unpaired) electrons. The van der Waals surface area contributed by atoms with Gasteiger partial charge in [0.15, 0.2) is 0 Å². The van der Waals surface area contributed by atoms with Gasteiger partial charge in [-0.3, -0.25) is 4.79 Å². The first-order chi connectivity index (χ1) is 9.77. The maximum absolute atomic E-state index is 10.6. The van der Waals surface area contributed by atoms with E-state index in [0.717, 1.165) is 6.42 Å². The van der Waals surface area contributed by atoms with Crippen LogP contribution >= 0.6 is 0 Å². The molecule has 21 heavy (non-hydrogen) atoms. The van der Waals surface area contributed by atoms with Crippen LogP contribution in [0.4, 0.5) is 0 Å². The zero-order valence-corrected chi connectivity index (χ0v) is 13.8. The molecular formula is C18H39CaNO. The van der Waals surface area contributed by atoms with Crippen molar-refractivity contribution < 1.29 is 4.79 Å². The van der Waals surface area contributed by atoms with E-state index in [-0.39, 0.29) is 43.6 Å². The Morgan fingerprint density at radius 1 is 0.619 bits per heavy atom. The molecule has 0 aromatic carbocycles. The molecule has 0 bridgehead atoms. The summed E-state index contributed by atoms with van der Waals surface area (Å²) in [5, 5.41) is 0. The monoisotopic (exact) mass is 325 g/mol. The minimum atomic E-state index is -0.153. The van der Waals surface area contributed by atoms with Gasteiger partial charge in [0.25, 0.3) is 0 Å². The molecule has 2 nitrogen and oxygen atoms in total. The summed E-state index contributed by atoms with van der Waals surface area (Å²) in [5.74, 6) is -0.153. The van der Waals surface area contributed by atoms with Gasteiger partial charge in [0, 0.05) is 6.42 Å². The second kappa shape index (κ2) is 20.7. The quantitative estimate of drug-likeness (QED) is 0.321. The first-order valence-corrected chi connectivity index (χ1v) is 9.05. The SMILES string of the molecule is CCCCCCCCCCCCCCCCCC(N)=O.[CaH2]. The number of unbranched alkanes of at least 4 members (excludes halogenated alkanes) is 14. The standard InChI is InChI=1S/C18H37NO.Ca.2H/c1-2-3-4-5-6-7-8-9-10-11-12-13-14-15-16-17-18(19)20;;;/h2-17H2,1H3,(H2,19,20);;;. The van der Waals surface area contributed by atoms with Crippen molar-refractivity contribution in [2.75, 3.05) is 0 Å². The second-order valence-corrected chi connectivity index (χ2v) is 6.17. The molecule has 2 N–H and O–H groups in total. The minimum absolute atomic E-state index is 0. The molecule has 0 aliphatic carbocycles. The third kappa shape index (κ3) is 23.1. The molecule has 0 unspecified atom stereocenters. The van der Waals surface area contributed by atoms with Gasteiger partial charge in [0.2, 0.25) is 5.91 Å². The van der Waals surface area contributed by atoms with Crippen LogP contribution in [0.15, 0.2) is 0 Å². The molecule has 3 heteroatoms.